The van der Waals surface area contributed by atoms with Crippen molar-refractivity contribution in [3.05, 3.63) is 41.6 Å². The van der Waals surface area contributed by atoms with E-state index < -0.39 is 11.8 Å². The third kappa shape index (κ3) is 3.84. The van der Waals surface area contributed by atoms with E-state index in [9.17, 15) is 9.59 Å². The predicted octanol–water partition coefficient (Wildman–Crippen LogP) is 2.08. The van der Waals surface area contributed by atoms with Crippen LogP contribution in [-0.4, -0.2) is 31.5 Å². The van der Waals surface area contributed by atoms with Crippen LogP contribution in [0.2, 0.25) is 0 Å². The molecular weight excluding hydrogens is 270 g/mol. The Kier molecular flexibility index (Phi) is 4.98. The minimum atomic E-state index is -0.624. The Labute approximate surface area is 123 Å². The molecule has 0 radical (unpaired) electrons. The van der Waals surface area contributed by atoms with Crippen LogP contribution in [0.15, 0.2) is 36.0 Å². The van der Waals surface area contributed by atoms with E-state index in [1.807, 2.05) is 0 Å². The topological polar surface area (TPSA) is 64.6 Å². The van der Waals surface area contributed by atoms with Crippen LogP contribution < -0.4 is 10.1 Å². The second kappa shape index (κ2) is 6.92. The summed E-state index contributed by atoms with van der Waals surface area (Å²) in [7, 11) is 1.49. The molecule has 0 atom stereocenters. The number of nitrogens with one attached hydrogen (secondary N) is 1. The van der Waals surface area contributed by atoms with Crippen molar-refractivity contribution in [3.8, 4) is 5.75 Å². The summed E-state index contributed by atoms with van der Waals surface area (Å²) in [5.41, 5.74) is 0.338. The average Bonchev–Trinajstić information content (AvgIpc) is 3.31. The van der Waals surface area contributed by atoms with Gasteiger partial charge in [-0.1, -0.05) is 12.1 Å². The second-order valence-corrected chi connectivity index (χ2v) is 4.75. The monoisotopic (exact) mass is 289 g/mol. The summed E-state index contributed by atoms with van der Waals surface area (Å²) in [5.74, 6) is -0.593. The van der Waals surface area contributed by atoms with Crippen molar-refractivity contribution < 1.29 is 19.1 Å². The maximum Gasteiger partial charge on any atom is 0.343 e. The van der Waals surface area contributed by atoms with Gasteiger partial charge in [0.05, 0.1) is 19.3 Å². The fourth-order valence-corrected chi connectivity index (χ4v) is 1.85. The number of Topliss-reactive ketones (excluding diaryl/α,β-unsaturated/α-hetero) is 1. The number of carbonyl (C=O) groups excluding carboxylic acids is 2. The van der Waals surface area contributed by atoms with Crippen LogP contribution >= 0.6 is 0 Å². The van der Waals surface area contributed by atoms with Gasteiger partial charge in [-0.15, -0.1) is 0 Å². The summed E-state index contributed by atoms with van der Waals surface area (Å²) >= 11 is 0. The molecule has 112 valence electrons. The van der Waals surface area contributed by atoms with Gasteiger partial charge in [-0.05, 0) is 31.9 Å². The van der Waals surface area contributed by atoms with Crippen LogP contribution in [0.5, 0.6) is 5.75 Å². The van der Waals surface area contributed by atoms with Gasteiger partial charge in [0.25, 0.3) is 0 Å². The quantitative estimate of drug-likeness (QED) is 0.274. The first-order valence-electron chi connectivity index (χ1n) is 6.98. The summed E-state index contributed by atoms with van der Waals surface area (Å²) < 4.78 is 10.1. The number of rotatable bonds is 7. The van der Waals surface area contributed by atoms with Gasteiger partial charge < -0.3 is 14.8 Å². The van der Waals surface area contributed by atoms with Gasteiger partial charge in [0, 0.05) is 12.2 Å². The maximum absolute atomic E-state index is 12.6. The molecule has 1 aliphatic rings. The van der Waals surface area contributed by atoms with E-state index in [1.54, 1.807) is 31.2 Å². The molecule has 0 bridgehead atoms. The van der Waals surface area contributed by atoms with Gasteiger partial charge in [0.1, 0.15) is 11.3 Å². The number of hydrogen-bond donors (Lipinski definition) is 1. The first-order valence-corrected chi connectivity index (χ1v) is 6.98. The maximum atomic E-state index is 12.6. The van der Waals surface area contributed by atoms with Crippen molar-refractivity contribution >= 4 is 11.8 Å². The zero-order valence-electron chi connectivity index (χ0n) is 12.2. The first-order chi connectivity index (χ1) is 10.2. The van der Waals surface area contributed by atoms with E-state index in [2.05, 4.69) is 5.32 Å². The Hall–Kier alpha value is -2.30. The van der Waals surface area contributed by atoms with Gasteiger partial charge in [0.15, 0.2) is 0 Å². The number of benzene rings is 1. The molecule has 1 fully saturated rings. The highest BCUT2D eigenvalue weighted by Gasteiger charge is 2.26. The molecule has 0 unspecified atom stereocenters. The van der Waals surface area contributed by atoms with Gasteiger partial charge >= 0.3 is 5.97 Å². The van der Waals surface area contributed by atoms with E-state index in [4.69, 9.17) is 9.47 Å². The van der Waals surface area contributed by atoms with Crippen molar-refractivity contribution in [1.82, 2.24) is 5.32 Å². The van der Waals surface area contributed by atoms with Crippen LogP contribution in [-0.2, 0) is 9.53 Å². The molecule has 21 heavy (non-hydrogen) atoms. The lowest BCUT2D eigenvalue weighted by molar-refractivity contribution is -0.138. The molecule has 1 N–H and O–H groups in total. The van der Waals surface area contributed by atoms with Crippen molar-refractivity contribution in [2.24, 2.45) is 0 Å². The summed E-state index contributed by atoms with van der Waals surface area (Å²) in [5, 5.41) is 3.06. The summed E-state index contributed by atoms with van der Waals surface area (Å²) in [4.78, 5) is 24.6. The Morgan fingerprint density at radius 3 is 2.67 bits per heavy atom. The largest absolute Gasteiger partial charge is 0.496 e. The molecule has 0 saturated heterocycles. The molecule has 1 saturated carbocycles. The Morgan fingerprint density at radius 1 is 1.33 bits per heavy atom. The average molecular weight is 289 g/mol. The Bertz CT molecular complexity index is 561. The van der Waals surface area contributed by atoms with Gasteiger partial charge in [-0.3, -0.25) is 4.79 Å². The number of hydrogen-bond acceptors (Lipinski definition) is 5. The predicted molar refractivity (Wildman–Crippen MR) is 78.2 cm³/mol. The lowest BCUT2D eigenvalue weighted by Crippen LogP contribution is -2.21. The zero-order valence-corrected chi connectivity index (χ0v) is 12.2. The lowest BCUT2D eigenvalue weighted by Gasteiger charge is -2.10. The van der Waals surface area contributed by atoms with E-state index >= 15 is 0 Å². The molecule has 1 aliphatic carbocycles. The van der Waals surface area contributed by atoms with Crippen molar-refractivity contribution in [1.29, 1.82) is 0 Å². The minimum absolute atomic E-state index is 0.00625. The summed E-state index contributed by atoms with van der Waals surface area (Å²) in [6.07, 6.45) is 3.56. The lowest BCUT2D eigenvalue weighted by atomic mass is 10.0. The highest BCUT2D eigenvalue weighted by molar-refractivity contribution is 6.25. The van der Waals surface area contributed by atoms with Crippen LogP contribution in [0.3, 0.4) is 0 Å². The molecule has 1 aromatic rings. The molecule has 1 aromatic carbocycles. The molecule has 0 aromatic heterocycles. The van der Waals surface area contributed by atoms with Crippen LogP contribution in [0, 0.1) is 0 Å². The van der Waals surface area contributed by atoms with Crippen molar-refractivity contribution in [3.63, 3.8) is 0 Å². The summed E-state index contributed by atoms with van der Waals surface area (Å²) in [6, 6.07) is 7.16. The van der Waals surface area contributed by atoms with Crippen molar-refractivity contribution in [2.75, 3.05) is 13.7 Å². The molecule has 0 heterocycles. The molecule has 2 rings (SSSR count). The number of ketones is 1. The fraction of sp³-hybridized carbons (Fsp3) is 0.375. The van der Waals surface area contributed by atoms with Gasteiger partial charge in [0.2, 0.25) is 5.78 Å². The smallest absolute Gasteiger partial charge is 0.343 e. The molecule has 5 nitrogen and oxygen atoms in total. The Balaban J connectivity index is 2.28. The molecule has 0 aliphatic heterocycles. The van der Waals surface area contributed by atoms with Gasteiger partial charge in [-0.25, -0.2) is 4.79 Å². The number of carbonyl (C=O) groups is 2. The minimum Gasteiger partial charge on any atom is -0.496 e. The summed E-state index contributed by atoms with van der Waals surface area (Å²) in [6.45, 7) is 1.93. The fourth-order valence-electron chi connectivity index (χ4n) is 1.85. The highest BCUT2D eigenvalue weighted by atomic mass is 16.5. The number of esters is 1. The third-order valence-electron chi connectivity index (χ3n) is 3.13. The number of ether oxygens (including phenoxy) is 2. The second-order valence-electron chi connectivity index (χ2n) is 4.75. The van der Waals surface area contributed by atoms with Crippen molar-refractivity contribution in [2.45, 2.75) is 25.8 Å². The molecular formula is C16H19NO4. The molecule has 0 spiro atoms. The highest BCUT2D eigenvalue weighted by Crippen LogP contribution is 2.22. The molecule has 5 heteroatoms. The normalized spacial score (nSPS) is 14.5. The molecule has 0 amide bonds. The van der Waals surface area contributed by atoms with E-state index in [-0.39, 0.29) is 12.2 Å². The zero-order chi connectivity index (χ0) is 15.2. The van der Waals surface area contributed by atoms with Gasteiger partial charge in [-0.2, -0.15) is 0 Å². The third-order valence-corrected chi connectivity index (χ3v) is 3.13. The first kappa shape index (κ1) is 15.1. The standard InChI is InChI=1S/C16H19NO4/c1-3-21-16(19)13(10-17-11-8-9-11)15(18)12-6-4-5-7-14(12)20-2/h4-7,10-11,17H,3,8-9H2,1-2H3. The van der Waals surface area contributed by atoms with E-state index in [1.165, 1.54) is 13.3 Å². The SMILES string of the molecule is CCOC(=O)C(=CNC1CC1)C(=O)c1ccccc1OC. The van der Waals surface area contributed by atoms with Crippen LogP contribution in [0.4, 0.5) is 0 Å². The number of methoxy groups -OCH3 is 1. The number of para-hydroxylation sites is 1. The van der Waals surface area contributed by atoms with E-state index in [0.29, 0.717) is 17.4 Å². The van der Waals surface area contributed by atoms with Crippen LogP contribution in [0.1, 0.15) is 30.1 Å². The van der Waals surface area contributed by atoms with Crippen LogP contribution in [0.25, 0.3) is 0 Å². The van der Waals surface area contributed by atoms with E-state index in [0.717, 1.165) is 12.8 Å². The Morgan fingerprint density at radius 2 is 2.05 bits per heavy atom.